The van der Waals surface area contributed by atoms with Gasteiger partial charge in [-0.25, -0.2) is 4.79 Å². The van der Waals surface area contributed by atoms with Crippen LogP contribution in [0.2, 0.25) is 0 Å². The van der Waals surface area contributed by atoms with E-state index in [1.165, 1.54) is 0 Å². The standard InChI is InChI=1S/C19H30O4S2/c1-4-6-12-24(21)15-18(25(22)13-7-5-2)14-23-19(20)17-10-8-16(3)9-11-17/h8-11,18H,4-7,12-15H2,1-3H3/t18-,24-,25-/m0/s1. The maximum absolute atomic E-state index is 12.5. The average molecular weight is 387 g/mol. The van der Waals surface area contributed by atoms with Gasteiger partial charge < -0.3 is 4.74 Å². The highest BCUT2D eigenvalue weighted by Gasteiger charge is 2.22. The lowest BCUT2D eigenvalue weighted by Crippen LogP contribution is -2.31. The highest BCUT2D eigenvalue weighted by Crippen LogP contribution is 2.09. The molecule has 1 aromatic rings. The van der Waals surface area contributed by atoms with Crippen LogP contribution in [0.4, 0.5) is 0 Å². The fourth-order valence-corrected chi connectivity index (χ4v) is 5.67. The lowest BCUT2D eigenvalue weighted by Gasteiger charge is -2.16. The van der Waals surface area contributed by atoms with Gasteiger partial charge in [0.15, 0.2) is 0 Å². The molecule has 25 heavy (non-hydrogen) atoms. The third kappa shape index (κ3) is 8.77. The van der Waals surface area contributed by atoms with Crippen LogP contribution in [0.1, 0.15) is 55.5 Å². The van der Waals surface area contributed by atoms with Crippen molar-refractivity contribution in [2.75, 3.05) is 23.9 Å². The molecule has 0 saturated carbocycles. The van der Waals surface area contributed by atoms with Gasteiger partial charge in [0.05, 0.1) is 10.8 Å². The van der Waals surface area contributed by atoms with Crippen molar-refractivity contribution < 1.29 is 17.9 Å². The minimum atomic E-state index is -1.13. The van der Waals surface area contributed by atoms with Crippen LogP contribution < -0.4 is 0 Å². The van der Waals surface area contributed by atoms with E-state index in [9.17, 15) is 13.2 Å². The van der Waals surface area contributed by atoms with Crippen LogP contribution in [0.25, 0.3) is 0 Å². The van der Waals surface area contributed by atoms with Crippen molar-refractivity contribution in [3.63, 3.8) is 0 Å². The predicted octanol–water partition coefficient (Wildman–Crippen LogP) is 3.62. The van der Waals surface area contributed by atoms with Crippen LogP contribution in [-0.4, -0.2) is 43.5 Å². The first-order chi connectivity index (χ1) is 12.0. The lowest BCUT2D eigenvalue weighted by molar-refractivity contribution is 0.0510. The van der Waals surface area contributed by atoms with E-state index in [-0.39, 0.29) is 11.9 Å². The molecule has 3 atom stereocenters. The van der Waals surface area contributed by atoms with Gasteiger partial charge in [0.2, 0.25) is 0 Å². The van der Waals surface area contributed by atoms with E-state index in [0.717, 1.165) is 31.2 Å². The molecule has 0 aliphatic carbocycles. The maximum atomic E-state index is 12.5. The number of hydrogen-bond acceptors (Lipinski definition) is 4. The molecule has 0 aliphatic heterocycles. The Balaban J connectivity index is 2.64. The van der Waals surface area contributed by atoms with Gasteiger partial charge in [0, 0.05) is 38.9 Å². The number of ether oxygens (including phenoxy) is 1. The molecule has 0 unspecified atom stereocenters. The van der Waals surface area contributed by atoms with E-state index in [4.69, 9.17) is 4.74 Å². The molecule has 0 radical (unpaired) electrons. The number of carbonyl (C=O) groups is 1. The summed E-state index contributed by atoms with van der Waals surface area (Å²) in [6.45, 7) is 6.11. The van der Waals surface area contributed by atoms with Gasteiger partial charge in [-0.15, -0.1) is 0 Å². The monoisotopic (exact) mass is 386 g/mol. The number of carbonyl (C=O) groups excluding carboxylic acids is 1. The normalized spacial score (nSPS) is 14.7. The summed E-state index contributed by atoms with van der Waals surface area (Å²) in [7, 11) is -2.15. The largest absolute Gasteiger partial charge is 0.461 e. The second-order valence-electron chi connectivity index (χ2n) is 6.19. The second kappa shape index (κ2) is 12.4. The van der Waals surface area contributed by atoms with Crippen molar-refractivity contribution >= 4 is 27.6 Å². The van der Waals surface area contributed by atoms with E-state index in [0.29, 0.717) is 22.8 Å². The Kier molecular flexibility index (Phi) is 10.9. The SMILES string of the molecule is CCCC[S@](=O)C[C@H](COC(=O)c1ccc(C)cc1)[S@@](=O)CCCC. The van der Waals surface area contributed by atoms with Crippen molar-refractivity contribution in [2.24, 2.45) is 0 Å². The van der Waals surface area contributed by atoms with Crippen molar-refractivity contribution in [3.8, 4) is 0 Å². The number of esters is 1. The molecule has 1 aromatic carbocycles. The van der Waals surface area contributed by atoms with Crippen LogP contribution in [0, 0.1) is 6.92 Å². The maximum Gasteiger partial charge on any atom is 0.338 e. The van der Waals surface area contributed by atoms with Crippen molar-refractivity contribution in [1.82, 2.24) is 0 Å². The molecule has 0 amide bonds. The summed E-state index contributed by atoms with van der Waals surface area (Å²) in [4.78, 5) is 12.2. The smallest absolute Gasteiger partial charge is 0.338 e. The van der Waals surface area contributed by atoms with Crippen molar-refractivity contribution in [3.05, 3.63) is 35.4 Å². The minimum Gasteiger partial charge on any atom is -0.461 e. The van der Waals surface area contributed by atoms with Crippen LogP contribution in [-0.2, 0) is 26.3 Å². The molecular formula is C19H30O4S2. The summed E-state index contributed by atoms with van der Waals surface area (Å²) in [6.07, 6.45) is 3.69. The molecular weight excluding hydrogens is 356 g/mol. The zero-order valence-corrected chi connectivity index (χ0v) is 17.1. The van der Waals surface area contributed by atoms with Crippen LogP contribution in [0.3, 0.4) is 0 Å². The Morgan fingerprint density at radius 3 is 2.24 bits per heavy atom. The van der Waals surface area contributed by atoms with Gasteiger partial charge in [-0.3, -0.25) is 8.42 Å². The third-order valence-electron chi connectivity index (χ3n) is 3.86. The first kappa shape index (κ1) is 22.0. The Hall–Kier alpha value is -1.01. The molecule has 0 N–H and O–H groups in total. The van der Waals surface area contributed by atoms with Crippen LogP contribution in [0.15, 0.2) is 24.3 Å². The summed E-state index contributed by atoms with van der Waals surface area (Å²) in [5.41, 5.74) is 1.55. The molecule has 0 bridgehead atoms. The van der Waals surface area contributed by atoms with Gasteiger partial charge in [-0.05, 0) is 31.9 Å². The van der Waals surface area contributed by atoms with Gasteiger partial charge in [-0.1, -0.05) is 44.4 Å². The van der Waals surface area contributed by atoms with Crippen molar-refractivity contribution in [2.45, 2.75) is 51.7 Å². The Labute approximate surface area is 156 Å². The van der Waals surface area contributed by atoms with Crippen LogP contribution >= 0.6 is 0 Å². The fraction of sp³-hybridized carbons (Fsp3) is 0.632. The molecule has 142 valence electrons. The first-order valence-corrected chi connectivity index (χ1v) is 11.8. The summed E-state index contributed by atoms with van der Waals surface area (Å²) >= 11 is 0. The molecule has 0 aromatic heterocycles. The Morgan fingerprint density at radius 2 is 1.64 bits per heavy atom. The van der Waals surface area contributed by atoms with Gasteiger partial charge in [-0.2, -0.15) is 0 Å². The molecule has 0 spiro atoms. The van der Waals surface area contributed by atoms with Crippen molar-refractivity contribution in [1.29, 1.82) is 0 Å². The highest BCUT2D eigenvalue weighted by atomic mass is 32.2. The van der Waals surface area contributed by atoms with Gasteiger partial charge >= 0.3 is 5.97 Å². The number of unbranched alkanes of at least 4 members (excludes halogenated alkanes) is 2. The molecule has 1 rings (SSSR count). The topological polar surface area (TPSA) is 60.4 Å². The highest BCUT2D eigenvalue weighted by molar-refractivity contribution is 7.89. The summed E-state index contributed by atoms with van der Waals surface area (Å²) < 4.78 is 30.0. The van der Waals surface area contributed by atoms with Gasteiger partial charge in [0.1, 0.15) is 6.61 Å². The average Bonchev–Trinajstić information content (AvgIpc) is 2.61. The Morgan fingerprint density at radius 1 is 1.04 bits per heavy atom. The van der Waals surface area contributed by atoms with E-state index < -0.39 is 27.6 Å². The molecule has 6 heteroatoms. The van der Waals surface area contributed by atoms with E-state index in [2.05, 4.69) is 6.92 Å². The molecule has 0 saturated heterocycles. The number of benzene rings is 1. The first-order valence-electron chi connectivity index (χ1n) is 8.93. The predicted molar refractivity (Wildman–Crippen MR) is 106 cm³/mol. The molecule has 0 aliphatic rings. The minimum absolute atomic E-state index is 0.0564. The summed E-state index contributed by atoms with van der Waals surface area (Å²) in [5, 5.41) is -0.362. The third-order valence-corrected chi connectivity index (χ3v) is 7.32. The molecule has 0 heterocycles. The molecule has 0 fully saturated rings. The Bertz CT molecular complexity index is 569. The zero-order valence-electron chi connectivity index (χ0n) is 15.5. The number of aryl methyl sites for hydroxylation is 1. The van der Waals surface area contributed by atoms with E-state index in [1.54, 1.807) is 12.1 Å². The van der Waals surface area contributed by atoms with E-state index >= 15 is 0 Å². The number of hydrogen-bond donors (Lipinski definition) is 0. The second-order valence-corrected chi connectivity index (χ2v) is 9.65. The fourth-order valence-electron chi connectivity index (χ4n) is 2.19. The lowest BCUT2D eigenvalue weighted by atomic mass is 10.1. The summed E-state index contributed by atoms with van der Waals surface area (Å²) in [5.74, 6) is 1.09. The summed E-state index contributed by atoms with van der Waals surface area (Å²) in [6, 6.07) is 7.15. The van der Waals surface area contributed by atoms with E-state index in [1.807, 2.05) is 26.0 Å². The quantitative estimate of drug-likeness (QED) is 0.515. The molecule has 4 nitrogen and oxygen atoms in total. The van der Waals surface area contributed by atoms with Crippen LogP contribution in [0.5, 0.6) is 0 Å². The zero-order chi connectivity index (χ0) is 18.7. The van der Waals surface area contributed by atoms with Gasteiger partial charge in [0.25, 0.3) is 0 Å². The number of rotatable bonds is 12.